The number of carbonyl (C=O) groups excluding carboxylic acids is 1. The average molecular weight is 280 g/mol. The Morgan fingerprint density at radius 1 is 1.35 bits per heavy atom. The van der Waals surface area contributed by atoms with Crippen molar-refractivity contribution < 1.29 is 13.9 Å². The Bertz CT molecular complexity index is 523. The summed E-state index contributed by atoms with van der Waals surface area (Å²) in [6.07, 6.45) is 0.366. The number of fused-ring (bicyclic) bond motifs is 1. The normalized spacial score (nSPS) is 14.8. The number of hydrogen-bond acceptors (Lipinski definition) is 3. The van der Waals surface area contributed by atoms with Crippen molar-refractivity contribution in [2.45, 2.75) is 39.3 Å². The van der Waals surface area contributed by atoms with Crippen LogP contribution >= 0.6 is 0 Å². The molecule has 0 atom stereocenters. The van der Waals surface area contributed by atoms with Gasteiger partial charge in [-0.2, -0.15) is 0 Å². The van der Waals surface area contributed by atoms with Crippen LogP contribution in [0.3, 0.4) is 0 Å². The maximum absolute atomic E-state index is 13.8. The van der Waals surface area contributed by atoms with Gasteiger partial charge in [-0.15, -0.1) is 0 Å². The SMILES string of the molecule is CNc1cc2c(cc1F)CN(C(=O)OC(C)(C)C)CC2. The Labute approximate surface area is 118 Å². The van der Waals surface area contributed by atoms with Gasteiger partial charge in [0.1, 0.15) is 11.4 Å². The van der Waals surface area contributed by atoms with E-state index in [1.165, 1.54) is 6.07 Å². The number of carbonyl (C=O) groups is 1. The molecule has 110 valence electrons. The minimum atomic E-state index is -0.515. The maximum atomic E-state index is 13.8. The number of ether oxygens (including phenoxy) is 1. The van der Waals surface area contributed by atoms with Crippen LogP contribution in [-0.2, 0) is 17.7 Å². The quantitative estimate of drug-likeness (QED) is 0.859. The van der Waals surface area contributed by atoms with E-state index in [9.17, 15) is 9.18 Å². The van der Waals surface area contributed by atoms with E-state index in [-0.39, 0.29) is 11.9 Å². The van der Waals surface area contributed by atoms with Crippen molar-refractivity contribution in [1.29, 1.82) is 0 Å². The first-order chi connectivity index (χ1) is 9.30. The maximum Gasteiger partial charge on any atom is 0.410 e. The zero-order chi connectivity index (χ0) is 14.9. The second-order valence-electron chi connectivity index (χ2n) is 6.00. The number of anilines is 1. The third-order valence-corrected chi connectivity index (χ3v) is 3.22. The predicted molar refractivity (Wildman–Crippen MR) is 76.3 cm³/mol. The molecule has 0 fully saturated rings. The first-order valence-electron chi connectivity index (χ1n) is 6.77. The molecular weight excluding hydrogens is 259 g/mol. The van der Waals surface area contributed by atoms with Gasteiger partial charge in [-0.05, 0) is 50.5 Å². The first-order valence-corrected chi connectivity index (χ1v) is 6.77. The highest BCUT2D eigenvalue weighted by Crippen LogP contribution is 2.26. The standard InChI is InChI=1S/C15H21FN2O2/c1-15(2,3)20-14(19)18-6-5-10-8-13(17-4)12(16)7-11(10)9-18/h7-8,17H,5-6,9H2,1-4H3. The summed E-state index contributed by atoms with van der Waals surface area (Å²) < 4.78 is 19.1. The Balaban J connectivity index is 2.15. The van der Waals surface area contributed by atoms with E-state index in [1.54, 1.807) is 11.9 Å². The zero-order valence-electron chi connectivity index (χ0n) is 12.4. The lowest BCUT2D eigenvalue weighted by molar-refractivity contribution is 0.0224. The molecule has 1 aliphatic heterocycles. The molecule has 0 aliphatic carbocycles. The predicted octanol–water partition coefficient (Wildman–Crippen LogP) is 3.16. The fourth-order valence-electron chi connectivity index (χ4n) is 2.25. The number of nitrogens with one attached hydrogen (secondary N) is 1. The van der Waals surface area contributed by atoms with Crippen LogP contribution in [0.1, 0.15) is 31.9 Å². The van der Waals surface area contributed by atoms with Crippen LogP contribution < -0.4 is 5.32 Å². The van der Waals surface area contributed by atoms with E-state index in [4.69, 9.17) is 4.74 Å². The number of amides is 1. The highest BCUT2D eigenvalue weighted by atomic mass is 19.1. The number of benzene rings is 1. The molecule has 0 aromatic heterocycles. The van der Waals surface area contributed by atoms with Gasteiger partial charge in [-0.25, -0.2) is 9.18 Å². The number of hydrogen-bond donors (Lipinski definition) is 1. The molecule has 4 nitrogen and oxygen atoms in total. The molecule has 2 rings (SSSR count). The van der Waals surface area contributed by atoms with Crippen LogP contribution in [0.15, 0.2) is 12.1 Å². The van der Waals surface area contributed by atoms with E-state index < -0.39 is 5.60 Å². The summed E-state index contributed by atoms with van der Waals surface area (Å²) in [6, 6.07) is 3.31. The van der Waals surface area contributed by atoms with Gasteiger partial charge < -0.3 is 15.0 Å². The third-order valence-electron chi connectivity index (χ3n) is 3.22. The molecule has 1 aromatic carbocycles. The number of nitrogens with zero attached hydrogens (tertiary/aromatic N) is 1. The summed E-state index contributed by atoms with van der Waals surface area (Å²) in [6.45, 7) is 6.49. The minimum absolute atomic E-state index is 0.294. The third kappa shape index (κ3) is 3.21. The number of rotatable bonds is 1. The van der Waals surface area contributed by atoms with Crippen LogP contribution in [0.5, 0.6) is 0 Å². The summed E-state index contributed by atoms with van der Waals surface area (Å²) >= 11 is 0. The lowest BCUT2D eigenvalue weighted by Gasteiger charge is -2.31. The second kappa shape index (κ2) is 5.31. The first kappa shape index (κ1) is 14.6. The topological polar surface area (TPSA) is 41.6 Å². The number of halogens is 1. The largest absolute Gasteiger partial charge is 0.444 e. The van der Waals surface area contributed by atoms with Gasteiger partial charge in [0.05, 0.1) is 5.69 Å². The van der Waals surface area contributed by atoms with Gasteiger partial charge >= 0.3 is 6.09 Å². The second-order valence-corrected chi connectivity index (χ2v) is 6.00. The molecule has 5 heteroatoms. The zero-order valence-corrected chi connectivity index (χ0v) is 12.4. The Morgan fingerprint density at radius 2 is 2.05 bits per heavy atom. The molecule has 0 unspecified atom stereocenters. The van der Waals surface area contributed by atoms with E-state index in [0.29, 0.717) is 25.2 Å². The lowest BCUT2D eigenvalue weighted by atomic mass is 9.99. The highest BCUT2D eigenvalue weighted by Gasteiger charge is 2.26. The molecule has 0 radical (unpaired) electrons. The summed E-state index contributed by atoms with van der Waals surface area (Å²) in [5.41, 5.74) is 1.90. The molecule has 0 bridgehead atoms. The minimum Gasteiger partial charge on any atom is -0.444 e. The molecule has 0 saturated heterocycles. The molecule has 20 heavy (non-hydrogen) atoms. The summed E-state index contributed by atoms with van der Waals surface area (Å²) in [5, 5.41) is 2.83. The average Bonchev–Trinajstić information content (AvgIpc) is 2.35. The van der Waals surface area contributed by atoms with E-state index in [0.717, 1.165) is 11.1 Å². The van der Waals surface area contributed by atoms with Crippen LogP contribution in [-0.4, -0.2) is 30.2 Å². The van der Waals surface area contributed by atoms with Gasteiger partial charge in [-0.1, -0.05) is 0 Å². The van der Waals surface area contributed by atoms with Crippen LogP contribution in [0.4, 0.5) is 14.9 Å². The molecule has 0 saturated carbocycles. The monoisotopic (exact) mass is 280 g/mol. The van der Waals surface area contributed by atoms with Gasteiger partial charge in [0.2, 0.25) is 0 Å². The van der Waals surface area contributed by atoms with E-state index in [2.05, 4.69) is 5.32 Å². The Morgan fingerprint density at radius 3 is 2.65 bits per heavy atom. The summed E-state index contributed by atoms with van der Waals surface area (Å²) in [5.74, 6) is -0.294. The van der Waals surface area contributed by atoms with E-state index >= 15 is 0 Å². The van der Waals surface area contributed by atoms with Crippen molar-refractivity contribution in [1.82, 2.24) is 4.90 Å². The van der Waals surface area contributed by atoms with Crippen LogP contribution in [0.25, 0.3) is 0 Å². The highest BCUT2D eigenvalue weighted by molar-refractivity contribution is 5.69. The Kier molecular flexibility index (Phi) is 3.88. The van der Waals surface area contributed by atoms with Crippen molar-refractivity contribution in [2.75, 3.05) is 18.9 Å². The molecule has 1 N–H and O–H groups in total. The molecule has 1 aromatic rings. The van der Waals surface area contributed by atoms with Crippen molar-refractivity contribution in [3.63, 3.8) is 0 Å². The van der Waals surface area contributed by atoms with Gasteiger partial charge in [0.15, 0.2) is 0 Å². The molecule has 1 heterocycles. The lowest BCUT2D eigenvalue weighted by Crippen LogP contribution is -2.39. The van der Waals surface area contributed by atoms with Crippen molar-refractivity contribution >= 4 is 11.8 Å². The molecular formula is C15H21FN2O2. The van der Waals surface area contributed by atoms with Crippen molar-refractivity contribution in [2.24, 2.45) is 0 Å². The molecule has 0 spiro atoms. The van der Waals surface area contributed by atoms with Crippen LogP contribution in [0.2, 0.25) is 0 Å². The smallest absolute Gasteiger partial charge is 0.410 e. The van der Waals surface area contributed by atoms with Gasteiger partial charge in [0.25, 0.3) is 0 Å². The van der Waals surface area contributed by atoms with Crippen molar-refractivity contribution in [3.8, 4) is 0 Å². The summed E-state index contributed by atoms with van der Waals surface area (Å²) in [7, 11) is 1.70. The fraction of sp³-hybridized carbons (Fsp3) is 0.533. The van der Waals surface area contributed by atoms with Gasteiger partial charge in [-0.3, -0.25) is 0 Å². The Hall–Kier alpha value is -1.78. The van der Waals surface area contributed by atoms with E-state index in [1.807, 2.05) is 26.8 Å². The van der Waals surface area contributed by atoms with Crippen molar-refractivity contribution in [3.05, 3.63) is 29.1 Å². The molecule has 1 aliphatic rings. The van der Waals surface area contributed by atoms with Gasteiger partial charge in [0, 0.05) is 20.1 Å². The van der Waals surface area contributed by atoms with Crippen LogP contribution in [0, 0.1) is 5.82 Å². The summed E-state index contributed by atoms with van der Waals surface area (Å²) in [4.78, 5) is 13.6. The molecule has 1 amide bonds. The fourth-order valence-corrected chi connectivity index (χ4v) is 2.25.